The summed E-state index contributed by atoms with van der Waals surface area (Å²) in [5.41, 5.74) is 2.20. The molecule has 0 spiro atoms. The van der Waals surface area contributed by atoms with Gasteiger partial charge < -0.3 is 24.6 Å². The Morgan fingerprint density at radius 3 is 2.41 bits per heavy atom. The Bertz CT molecular complexity index is 1350. The zero-order valence-electron chi connectivity index (χ0n) is 23.1. The van der Waals surface area contributed by atoms with Gasteiger partial charge in [-0.2, -0.15) is 5.26 Å². The van der Waals surface area contributed by atoms with Gasteiger partial charge in [0.1, 0.15) is 17.5 Å². The number of rotatable bonds is 6. The van der Waals surface area contributed by atoms with E-state index in [2.05, 4.69) is 34.5 Å². The number of nitrogens with one attached hydrogen (secondary N) is 1. The number of piperidine rings is 1. The normalized spacial score (nSPS) is 14.0. The minimum absolute atomic E-state index is 0.0457. The van der Waals surface area contributed by atoms with Crippen molar-refractivity contribution in [2.75, 3.05) is 24.5 Å². The first kappa shape index (κ1) is 28.2. The summed E-state index contributed by atoms with van der Waals surface area (Å²) >= 11 is 5.72. The molecule has 4 rings (SSSR count). The Labute approximate surface area is 236 Å². The molecular weight excluding hydrogens is 508 g/mol. The van der Waals surface area contributed by atoms with Crippen molar-refractivity contribution in [1.82, 2.24) is 10.2 Å². The number of anilines is 1. The van der Waals surface area contributed by atoms with E-state index in [0.717, 1.165) is 47.2 Å². The summed E-state index contributed by atoms with van der Waals surface area (Å²) in [4.78, 5) is 16.2. The van der Waals surface area contributed by atoms with Crippen molar-refractivity contribution < 1.29 is 14.3 Å². The van der Waals surface area contributed by atoms with Gasteiger partial charge in [0.2, 0.25) is 0 Å². The van der Waals surface area contributed by atoms with Crippen molar-refractivity contribution in [3.8, 4) is 11.8 Å². The number of benzene rings is 3. The molecule has 1 saturated heterocycles. The highest BCUT2D eigenvalue weighted by Gasteiger charge is 2.27. The number of nitriles is 1. The molecule has 0 radical (unpaired) electrons. The predicted octanol–water partition coefficient (Wildman–Crippen LogP) is 6.39. The van der Waals surface area contributed by atoms with Gasteiger partial charge in [0.15, 0.2) is 5.11 Å². The molecule has 1 aliphatic rings. The maximum Gasteiger partial charge on any atom is 0.410 e. The lowest BCUT2D eigenvalue weighted by molar-refractivity contribution is 0.0126. The quantitative estimate of drug-likeness (QED) is 0.360. The van der Waals surface area contributed by atoms with Crippen LogP contribution in [0.1, 0.15) is 51.7 Å². The first-order valence-electron chi connectivity index (χ1n) is 13.4. The van der Waals surface area contributed by atoms with Crippen LogP contribution in [0.4, 0.5) is 10.5 Å². The Morgan fingerprint density at radius 1 is 1.08 bits per heavy atom. The summed E-state index contributed by atoms with van der Waals surface area (Å²) in [7, 11) is 0. The Hall–Kier alpha value is -3.83. The van der Waals surface area contributed by atoms with E-state index in [1.807, 2.05) is 70.2 Å². The number of ether oxygens (including phenoxy) is 2. The van der Waals surface area contributed by atoms with E-state index in [1.165, 1.54) is 0 Å². The van der Waals surface area contributed by atoms with E-state index in [4.69, 9.17) is 21.7 Å². The van der Waals surface area contributed by atoms with Crippen LogP contribution in [0.3, 0.4) is 0 Å². The molecule has 7 nitrogen and oxygen atoms in total. The van der Waals surface area contributed by atoms with E-state index in [-0.39, 0.29) is 12.2 Å². The van der Waals surface area contributed by atoms with Gasteiger partial charge in [0.05, 0.1) is 18.2 Å². The van der Waals surface area contributed by atoms with Crippen molar-refractivity contribution in [2.24, 2.45) is 0 Å². The SMILES string of the molecule is CCNC(=S)N(Cc1ccc2ccc(C#N)cc2c1)c1ccc(OC2CCN(C(=O)OC(C)(C)C)CC2)cc1. The minimum Gasteiger partial charge on any atom is -0.490 e. The highest BCUT2D eigenvalue weighted by Crippen LogP contribution is 2.26. The van der Waals surface area contributed by atoms with Crippen LogP contribution in [0.25, 0.3) is 10.8 Å². The van der Waals surface area contributed by atoms with Gasteiger partial charge in [-0.15, -0.1) is 0 Å². The number of carbonyl (C=O) groups excluding carboxylic acids is 1. The van der Waals surface area contributed by atoms with Crippen LogP contribution in [-0.2, 0) is 11.3 Å². The molecule has 0 unspecified atom stereocenters. The second-order valence-corrected chi connectivity index (χ2v) is 11.1. The molecule has 1 fully saturated rings. The smallest absolute Gasteiger partial charge is 0.410 e. The van der Waals surface area contributed by atoms with E-state index < -0.39 is 5.60 Å². The largest absolute Gasteiger partial charge is 0.490 e. The molecule has 0 saturated carbocycles. The van der Waals surface area contributed by atoms with Crippen LogP contribution in [0, 0.1) is 11.3 Å². The molecule has 1 aliphatic heterocycles. The van der Waals surface area contributed by atoms with Crippen molar-refractivity contribution in [3.63, 3.8) is 0 Å². The Kier molecular flexibility index (Phi) is 8.93. The van der Waals surface area contributed by atoms with Gasteiger partial charge >= 0.3 is 6.09 Å². The molecule has 0 aliphatic carbocycles. The molecule has 1 amide bonds. The van der Waals surface area contributed by atoms with Crippen LogP contribution in [0.2, 0.25) is 0 Å². The van der Waals surface area contributed by atoms with E-state index >= 15 is 0 Å². The molecule has 39 heavy (non-hydrogen) atoms. The average Bonchev–Trinajstić information content (AvgIpc) is 2.91. The number of likely N-dealkylation sites (tertiary alicyclic amines) is 1. The van der Waals surface area contributed by atoms with Gasteiger partial charge in [-0.05, 0) is 98.7 Å². The topological polar surface area (TPSA) is 77.8 Å². The standard InChI is InChI=1S/C31H36N4O3S/c1-5-33-29(39)35(21-23-7-9-24-8-6-22(20-32)18-25(24)19-23)26-10-12-27(13-11-26)37-28-14-16-34(17-15-28)30(36)38-31(2,3)4/h6-13,18-19,28H,5,14-17,21H2,1-4H3,(H,33,39). The van der Waals surface area contributed by atoms with Crippen LogP contribution >= 0.6 is 12.2 Å². The van der Waals surface area contributed by atoms with Crippen molar-refractivity contribution >= 4 is 39.9 Å². The molecule has 204 valence electrons. The monoisotopic (exact) mass is 544 g/mol. The maximum atomic E-state index is 12.3. The number of nitrogens with zero attached hydrogens (tertiary/aromatic N) is 3. The third-order valence-corrected chi connectivity index (χ3v) is 6.86. The van der Waals surface area contributed by atoms with E-state index in [9.17, 15) is 10.1 Å². The average molecular weight is 545 g/mol. The summed E-state index contributed by atoms with van der Waals surface area (Å²) < 4.78 is 11.7. The van der Waals surface area contributed by atoms with Gasteiger partial charge in [0.25, 0.3) is 0 Å². The van der Waals surface area contributed by atoms with Gasteiger partial charge in [-0.3, -0.25) is 0 Å². The lowest BCUT2D eigenvalue weighted by Gasteiger charge is -2.33. The van der Waals surface area contributed by atoms with Crippen molar-refractivity contribution in [2.45, 2.75) is 58.8 Å². The molecule has 3 aromatic carbocycles. The van der Waals surface area contributed by atoms with Crippen molar-refractivity contribution in [1.29, 1.82) is 5.26 Å². The number of thiocarbonyl (C=S) groups is 1. The fourth-order valence-corrected chi connectivity index (χ4v) is 4.87. The number of hydrogen-bond acceptors (Lipinski definition) is 5. The first-order chi connectivity index (χ1) is 18.6. The zero-order valence-corrected chi connectivity index (χ0v) is 23.9. The van der Waals surface area contributed by atoms with Crippen LogP contribution in [0.5, 0.6) is 5.75 Å². The number of hydrogen-bond donors (Lipinski definition) is 1. The van der Waals surface area contributed by atoms with Crippen LogP contribution in [0.15, 0.2) is 60.7 Å². The van der Waals surface area contributed by atoms with Gasteiger partial charge in [-0.1, -0.05) is 18.2 Å². The fraction of sp³-hybridized carbons (Fsp3) is 0.387. The Balaban J connectivity index is 1.42. The lowest BCUT2D eigenvalue weighted by Crippen LogP contribution is -2.44. The summed E-state index contributed by atoms with van der Waals surface area (Å²) in [5, 5.41) is 15.3. The maximum absolute atomic E-state index is 12.3. The van der Waals surface area contributed by atoms with Crippen LogP contribution < -0.4 is 15.0 Å². The fourth-order valence-electron chi connectivity index (χ4n) is 4.55. The highest BCUT2D eigenvalue weighted by molar-refractivity contribution is 7.80. The van der Waals surface area contributed by atoms with E-state index in [0.29, 0.717) is 30.3 Å². The molecule has 0 atom stereocenters. The molecule has 0 aromatic heterocycles. The third-order valence-electron chi connectivity index (χ3n) is 6.49. The van der Waals surface area contributed by atoms with Gasteiger partial charge in [0, 0.05) is 38.2 Å². The summed E-state index contributed by atoms with van der Waals surface area (Å²) in [6, 6.07) is 22.2. The van der Waals surface area contributed by atoms with Gasteiger partial charge in [-0.25, -0.2) is 4.79 Å². The highest BCUT2D eigenvalue weighted by atomic mass is 32.1. The molecular formula is C31H36N4O3S. The Morgan fingerprint density at radius 2 is 1.77 bits per heavy atom. The molecule has 0 bridgehead atoms. The van der Waals surface area contributed by atoms with Crippen molar-refractivity contribution in [3.05, 3.63) is 71.8 Å². The molecule has 8 heteroatoms. The predicted molar refractivity (Wildman–Crippen MR) is 159 cm³/mol. The molecule has 1 heterocycles. The summed E-state index contributed by atoms with van der Waals surface area (Å²) in [5.74, 6) is 0.790. The summed E-state index contributed by atoms with van der Waals surface area (Å²) in [6.07, 6.45) is 1.29. The second-order valence-electron chi connectivity index (χ2n) is 10.7. The molecule has 1 N–H and O–H groups in total. The summed E-state index contributed by atoms with van der Waals surface area (Å²) in [6.45, 7) is 10.2. The number of carbonyl (C=O) groups is 1. The zero-order chi connectivity index (χ0) is 28.0. The minimum atomic E-state index is -0.496. The third kappa shape index (κ3) is 7.61. The second kappa shape index (κ2) is 12.4. The van der Waals surface area contributed by atoms with Crippen LogP contribution in [-0.4, -0.2) is 47.4 Å². The molecule has 3 aromatic rings. The van der Waals surface area contributed by atoms with E-state index in [1.54, 1.807) is 4.90 Å². The number of amides is 1. The number of fused-ring (bicyclic) bond motifs is 1. The first-order valence-corrected chi connectivity index (χ1v) is 13.8. The lowest BCUT2D eigenvalue weighted by atomic mass is 10.0.